The molecule has 9 heteroatoms. The van der Waals surface area contributed by atoms with E-state index in [1.54, 1.807) is 29.2 Å². The topological polar surface area (TPSA) is 96.4 Å². The molecular formula is C21H26N2O6S. The van der Waals surface area contributed by atoms with E-state index in [1.165, 1.54) is 14.2 Å². The van der Waals surface area contributed by atoms with Gasteiger partial charge in [-0.3, -0.25) is 19.3 Å². The van der Waals surface area contributed by atoms with Gasteiger partial charge < -0.3 is 19.5 Å². The summed E-state index contributed by atoms with van der Waals surface area (Å²) in [5.74, 6) is 0.207. The summed E-state index contributed by atoms with van der Waals surface area (Å²) in [6, 6.07) is 5.21. The smallest absolute Gasteiger partial charge is 0.294 e. The summed E-state index contributed by atoms with van der Waals surface area (Å²) in [6.45, 7) is 0.289. The van der Waals surface area contributed by atoms with E-state index in [0.29, 0.717) is 30.0 Å². The van der Waals surface area contributed by atoms with Crippen molar-refractivity contribution in [2.24, 2.45) is 0 Å². The zero-order valence-corrected chi connectivity index (χ0v) is 17.9. The Bertz CT molecular complexity index is 854. The fraction of sp³-hybridized carbons (Fsp3) is 0.476. The molecule has 0 aliphatic carbocycles. The minimum Gasteiger partial charge on any atom is -0.493 e. The highest BCUT2D eigenvalue weighted by atomic mass is 32.2. The molecule has 0 bridgehead atoms. The van der Waals surface area contributed by atoms with Crippen molar-refractivity contribution in [2.45, 2.75) is 31.7 Å². The standard InChI is InChI=1S/C21H26N2O6S/c1-28-16-8-5-6-14(19(16)29-2)12-17-20(26)23(21(27)30-17)13-18(25)22-10-4-3-7-15(22)9-11-24/h5-6,8,12,15,24H,3-4,7,9-11,13H2,1-2H3/b17-12-. The summed E-state index contributed by atoms with van der Waals surface area (Å²) in [7, 11) is 3.02. The summed E-state index contributed by atoms with van der Waals surface area (Å²) >= 11 is 0.800. The second kappa shape index (κ2) is 9.99. The zero-order chi connectivity index (χ0) is 21.7. The number of carbonyl (C=O) groups is 3. The minimum absolute atomic E-state index is 0.00112. The van der Waals surface area contributed by atoms with Crippen molar-refractivity contribution in [3.8, 4) is 11.5 Å². The van der Waals surface area contributed by atoms with E-state index in [2.05, 4.69) is 0 Å². The summed E-state index contributed by atoms with van der Waals surface area (Å²) in [6.07, 6.45) is 4.78. The number of aliphatic hydroxyl groups excluding tert-OH is 1. The Morgan fingerprint density at radius 3 is 2.77 bits per heavy atom. The van der Waals surface area contributed by atoms with Crippen LogP contribution in [0.2, 0.25) is 0 Å². The van der Waals surface area contributed by atoms with Gasteiger partial charge in [-0.1, -0.05) is 12.1 Å². The predicted molar refractivity (Wildman–Crippen MR) is 113 cm³/mol. The maximum absolute atomic E-state index is 12.8. The zero-order valence-electron chi connectivity index (χ0n) is 17.1. The molecule has 2 saturated heterocycles. The Hall–Kier alpha value is -2.52. The summed E-state index contributed by atoms with van der Waals surface area (Å²) in [4.78, 5) is 41.0. The minimum atomic E-state index is -0.501. The summed E-state index contributed by atoms with van der Waals surface area (Å²) in [5, 5.41) is 8.78. The number of ether oxygens (including phenoxy) is 2. The number of piperidine rings is 1. The van der Waals surface area contributed by atoms with Crippen LogP contribution in [0.1, 0.15) is 31.2 Å². The molecule has 2 heterocycles. The highest BCUT2D eigenvalue weighted by molar-refractivity contribution is 8.18. The van der Waals surface area contributed by atoms with E-state index < -0.39 is 11.1 Å². The highest BCUT2D eigenvalue weighted by Gasteiger charge is 2.38. The van der Waals surface area contributed by atoms with Gasteiger partial charge in [0.1, 0.15) is 6.54 Å². The lowest BCUT2D eigenvalue weighted by Crippen LogP contribution is -2.49. The molecule has 2 aliphatic heterocycles. The van der Waals surface area contributed by atoms with Crippen LogP contribution in [-0.2, 0) is 9.59 Å². The Morgan fingerprint density at radius 2 is 2.07 bits per heavy atom. The second-order valence-electron chi connectivity index (χ2n) is 7.10. The van der Waals surface area contributed by atoms with Gasteiger partial charge >= 0.3 is 0 Å². The molecule has 2 aliphatic rings. The van der Waals surface area contributed by atoms with Crippen LogP contribution in [-0.4, -0.2) is 71.9 Å². The fourth-order valence-corrected chi connectivity index (χ4v) is 4.64. The van der Waals surface area contributed by atoms with Crippen molar-refractivity contribution in [1.29, 1.82) is 0 Å². The predicted octanol–water partition coefficient (Wildman–Crippen LogP) is 2.50. The van der Waals surface area contributed by atoms with Crippen LogP contribution in [0.3, 0.4) is 0 Å². The van der Waals surface area contributed by atoms with Crippen LogP contribution in [0.5, 0.6) is 11.5 Å². The van der Waals surface area contributed by atoms with Crippen molar-refractivity contribution >= 4 is 34.9 Å². The normalized spacial score (nSPS) is 20.8. The number of imide groups is 1. The molecule has 2 fully saturated rings. The molecule has 0 spiro atoms. The van der Waals surface area contributed by atoms with Crippen LogP contribution in [0.15, 0.2) is 23.1 Å². The molecule has 0 saturated carbocycles. The first-order valence-electron chi connectivity index (χ1n) is 9.86. The number of hydrogen-bond acceptors (Lipinski definition) is 7. The second-order valence-corrected chi connectivity index (χ2v) is 8.09. The number of amides is 3. The molecule has 3 rings (SSSR count). The Morgan fingerprint density at radius 1 is 1.27 bits per heavy atom. The fourth-order valence-electron chi connectivity index (χ4n) is 3.81. The number of methoxy groups -OCH3 is 2. The Kier molecular flexibility index (Phi) is 7.38. The largest absolute Gasteiger partial charge is 0.493 e. The molecular weight excluding hydrogens is 408 g/mol. The van der Waals surface area contributed by atoms with Gasteiger partial charge in [0, 0.05) is 24.8 Å². The number of aliphatic hydroxyl groups is 1. The number of hydrogen-bond donors (Lipinski definition) is 1. The molecule has 1 atom stereocenters. The molecule has 162 valence electrons. The summed E-state index contributed by atoms with van der Waals surface area (Å²) in [5.41, 5.74) is 0.604. The van der Waals surface area contributed by atoms with Crippen molar-refractivity contribution < 1.29 is 29.0 Å². The molecule has 1 N–H and O–H groups in total. The van der Waals surface area contributed by atoms with Crippen LogP contribution < -0.4 is 9.47 Å². The van der Waals surface area contributed by atoms with Gasteiger partial charge in [0.25, 0.3) is 11.1 Å². The molecule has 8 nitrogen and oxygen atoms in total. The SMILES string of the molecule is COc1cccc(/C=C2\SC(=O)N(CC(=O)N3CCCCC3CCO)C2=O)c1OC. The van der Waals surface area contributed by atoms with Crippen LogP contribution in [0.25, 0.3) is 6.08 Å². The average Bonchev–Trinajstić information content (AvgIpc) is 3.01. The first kappa shape index (κ1) is 22.2. The van der Waals surface area contributed by atoms with E-state index in [9.17, 15) is 19.5 Å². The third kappa shape index (κ3) is 4.62. The van der Waals surface area contributed by atoms with Crippen LogP contribution >= 0.6 is 11.8 Å². The Labute approximate surface area is 179 Å². The first-order valence-corrected chi connectivity index (χ1v) is 10.7. The highest BCUT2D eigenvalue weighted by Crippen LogP contribution is 2.37. The first-order chi connectivity index (χ1) is 14.5. The maximum atomic E-state index is 12.8. The summed E-state index contributed by atoms with van der Waals surface area (Å²) < 4.78 is 10.6. The van der Waals surface area contributed by atoms with Crippen molar-refractivity contribution in [3.05, 3.63) is 28.7 Å². The van der Waals surface area contributed by atoms with Gasteiger partial charge in [0.15, 0.2) is 11.5 Å². The van der Waals surface area contributed by atoms with E-state index in [1.807, 2.05) is 0 Å². The van der Waals surface area contributed by atoms with Gasteiger partial charge in [-0.15, -0.1) is 0 Å². The number of nitrogens with zero attached hydrogens (tertiary/aromatic N) is 2. The lowest BCUT2D eigenvalue weighted by molar-refractivity contribution is -0.139. The lowest BCUT2D eigenvalue weighted by Gasteiger charge is -2.36. The van der Waals surface area contributed by atoms with Crippen molar-refractivity contribution in [1.82, 2.24) is 9.80 Å². The third-order valence-corrected chi connectivity index (χ3v) is 6.20. The third-order valence-electron chi connectivity index (χ3n) is 5.30. The number of benzene rings is 1. The molecule has 1 unspecified atom stereocenters. The van der Waals surface area contributed by atoms with Gasteiger partial charge in [-0.2, -0.15) is 0 Å². The van der Waals surface area contributed by atoms with E-state index in [4.69, 9.17) is 9.47 Å². The monoisotopic (exact) mass is 434 g/mol. The molecule has 1 aromatic rings. The van der Waals surface area contributed by atoms with Crippen LogP contribution in [0.4, 0.5) is 4.79 Å². The number of para-hydroxylation sites is 1. The molecule has 0 radical (unpaired) electrons. The molecule has 0 aromatic heterocycles. The van der Waals surface area contributed by atoms with E-state index in [0.717, 1.165) is 35.9 Å². The van der Waals surface area contributed by atoms with Crippen LogP contribution in [0, 0.1) is 0 Å². The van der Waals surface area contributed by atoms with Gasteiger partial charge in [0.2, 0.25) is 5.91 Å². The van der Waals surface area contributed by atoms with Gasteiger partial charge in [-0.25, -0.2) is 0 Å². The number of likely N-dealkylation sites (tertiary alicyclic amines) is 1. The van der Waals surface area contributed by atoms with Crippen molar-refractivity contribution in [3.63, 3.8) is 0 Å². The number of thioether (sulfide) groups is 1. The van der Waals surface area contributed by atoms with E-state index >= 15 is 0 Å². The molecule has 3 amide bonds. The molecule has 30 heavy (non-hydrogen) atoms. The molecule has 1 aromatic carbocycles. The number of carbonyl (C=O) groups excluding carboxylic acids is 3. The Balaban J connectivity index is 1.77. The lowest BCUT2D eigenvalue weighted by atomic mass is 9.99. The number of rotatable bonds is 7. The average molecular weight is 435 g/mol. The van der Waals surface area contributed by atoms with Crippen molar-refractivity contribution in [2.75, 3.05) is 33.9 Å². The quantitative estimate of drug-likeness (QED) is 0.659. The van der Waals surface area contributed by atoms with Gasteiger partial charge in [-0.05, 0) is 49.6 Å². The van der Waals surface area contributed by atoms with E-state index in [-0.39, 0.29) is 30.0 Å². The maximum Gasteiger partial charge on any atom is 0.294 e. The van der Waals surface area contributed by atoms with Gasteiger partial charge in [0.05, 0.1) is 19.1 Å².